The lowest BCUT2D eigenvalue weighted by Gasteiger charge is -2.29. The van der Waals surface area contributed by atoms with Crippen molar-refractivity contribution >= 4 is 5.78 Å². The van der Waals surface area contributed by atoms with Crippen LogP contribution < -0.4 is 4.74 Å². The van der Waals surface area contributed by atoms with Gasteiger partial charge in [-0.3, -0.25) is 4.79 Å². The van der Waals surface area contributed by atoms with Gasteiger partial charge in [0.1, 0.15) is 5.75 Å². The van der Waals surface area contributed by atoms with E-state index >= 15 is 0 Å². The molecule has 0 spiro atoms. The highest BCUT2D eigenvalue weighted by Crippen LogP contribution is 2.40. The second-order valence-electron chi connectivity index (χ2n) is 5.64. The number of hydrogen-bond donors (Lipinski definition) is 0. The summed E-state index contributed by atoms with van der Waals surface area (Å²) in [5, 5.41) is 0. The van der Waals surface area contributed by atoms with Crippen LogP contribution in [0.3, 0.4) is 0 Å². The molecule has 2 nitrogen and oxygen atoms in total. The molecule has 2 rings (SSSR count). The quantitative estimate of drug-likeness (QED) is 0.765. The van der Waals surface area contributed by atoms with Crippen molar-refractivity contribution in [3.8, 4) is 5.75 Å². The number of rotatable bonds is 3. The van der Waals surface area contributed by atoms with Crippen LogP contribution in [0.4, 0.5) is 13.2 Å². The molecule has 1 saturated carbocycles. The minimum atomic E-state index is -4.13. The molecule has 0 saturated heterocycles. The smallest absolute Gasteiger partial charge is 0.391 e. The standard InChI is InChI=1S/C16H19F3O2/c1-10-9-13(21-2)7-8-14(10)15(20)11-3-5-12(6-4-11)16(17,18)19/h7-9,11-12H,3-6H2,1-2H3. The Morgan fingerprint density at radius 3 is 2.29 bits per heavy atom. The summed E-state index contributed by atoms with van der Waals surface area (Å²) in [5.41, 5.74) is 1.39. The van der Waals surface area contributed by atoms with Crippen molar-refractivity contribution in [2.24, 2.45) is 11.8 Å². The van der Waals surface area contributed by atoms with Crippen LogP contribution in [0.15, 0.2) is 18.2 Å². The molecule has 0 heterocycles. The molecule has 5 heteroatoms. The third-order valence-corrected chi connectivity index (χ3v) is 4.26. The van der Waals surface area contributed by atoms with Gasteiger partial charge in [0.05, 0.1) is 13.0 Å². The van der Waals surface area contributed by atoms with Gasteiger partial charge in [0.2, 0.25) is 0 Å². The van der Waals surface area contributed by atoms with Gasteiger partial charge in [-0.2, -0.15) is 13.2 Å². The second-order valence-corrected chi connectivity index (χ2v) is 5.64. The lowest BCUT2D eigenvalue weighted by molar-refractivity contribution is -0.183. The van der Waals surface area contributed by atoms with E-state index in [4.69, 9.17) is 4.74 Å². The predicted octanol–water partition coefficient (Wildman–Crippen LogP) is 4.56. The maximum Gasteiger partial charge on any atom is 0.391 e. The molecule has 0 radical (unpaired) electrons. The zero-order valence-corrected chi connectivity index (χ0v) is 12.2. The van der Waals surface area contributed by atoms with Crippen LogP contribution in [-0.4, -0.2) is 19.1 Å². The Morgan fingerprint density at radius 2 is 1.81 bits per heavy atom. The second kappa shape index (κ2) is 6.08. The normalized spacial score (nSPS) is 22.9. The number of carbonyl (C=O) groups excluding carboxylic acids is 1. The van der Waals surface area contributed by atoms with Crippen LogP contribution >= 0.6 is 0 Å². The van der Waals surface area contributed by atoms with E-state index in [0.29, 0.717) is 24.2 Å². The average molecular weight is 300 g/mol. The fourth-order valence-electron chi connectivity index (χ4n) is 2.94. The van der Waals surface area contributed by atoms with Gasteiger partial charge in [-0.1, -0.05) is 0 Å². The minimum Gasteiger partial charge on any atom is -0.497 e. The largest absolute Gasteiger partial charge is 0.497 e. The van der Waals surface area contributed by atoms with Crippen molar-refractivity contribution in [3.05, 3.63) is 29.3 Å². The Labute approximate surface area is 122 Å². The van der Waals surface area contributed by atoms with Crippen LogP contribution in [0.5, 0.6) is 5.75 Å². The summed E-state index contributed by atoms with van der Waals surface area (Å²) in [6, 6.07) is 5.18. The van der Waals surface area contributed by atoms with Crippen molar-refractivity contribution in [1.82, 2.24) is 0 Å². The molecule has 116 valence electrons. The van der Waals surface area contributed by atoms with Crippen molar-refractivity contribution in [2.45, 2.75) is 38.8 Å². The SMILES string of the molecule is COc1ccc(C(=O)C2CCC(C(F)(F)F)CC2)c(C)c1. The molecule has 0 aromatic heterocycles. The number of Topliss-reactive ketones (excluding diaryl/α,β-unsaturated/α-hetero) is 1. The van der Waals surface area contributed by atoms with E-state index in [0.717, 1.165) is 5.56 Å². The fourth-order valence-corrected chi connectivity index (χ4v) is 2.94. The molecule has 0 unspecified atom stereocenters. The number of ether oxygens (including phenoxy) is 1. The summed E-state index contributed by atoms with van der Waals surface area (Å²) < 4.78 is 43.0. The van der Waals surface area contributed by atoms with Gasteiger partial charge in [-0.05, 0) is 56.4 Å². The highest BCUT2D eigenvalue weighted by Gasteiger charge is 2.42. The topological polar surface area (TPSA) is 26.3 Å². The molecular formula is C16H19F3O2. The summed E-state index contributed by atoms with van der Waals surface area (Å²) in [4.78, 5) is 12.5. The molecule has 1 aromatic carbocycles. The summed E-state index contributed by atoms with van der Waals surface area (Å²) in [6.07, 6.45) is -3.41. The van der Waals surface area contributed by atoms with Crippen LogP contribution in [-0.2, 0) is 0 Å². The fraction of sp³-hybridized carbons (Fsp3) is 0.562. The molecule has 0 bridgehead atoms. The zero-order chi connectivity index (χ0) is 15.6. The third kappa shape index (κ3) is 3.57. The van der Waals surface area contributed by atoms with E-state index in [1.54, 1.807) is 25.3 Å². The number of methoxy groups -OCH3 is 1. The first-order valence-corrected chi connectivity index (χ1v) is 7.08. The molecule has 0 amide bonds. The van der Waals surface area contributed by atoms with Crippen molar-refractivity contribution in [3.63, 3.8) is 0 Å². The highest BCUT2D eigenvalue weighted by atomic mass is 19.4. The summed E-state index contributed by atoms with van der Waals surface area (Å²) in [7, 11) is 1.55. The van der Waals surface area contributed by atoms with Crippen molar-refractivity contribution in [1.29, 1.82) is 0 Å². The number of halogens is 3. The maximum atomic E-state index is 12.6. The molecule has 21 heavy (non-hydrogen) atoms. The highest BCUT2D eigenvalue weighted by molar-refractivity contribution is 5.99. The average Bonchev–Trinajstić information content (AvgIpc) is 2.45. The molecule has 0 atom stereocenters. The number of benzene rings is 1. The lowest BCUT2D eigenvalue weighted by atomic mass is 9.78. The molecule has 1 aliphatic rings. The molecule has 0 aliphatic heterocycles. The Kier molecular flexibility index (Phi) is 4.59. The van der Waals surface area contributed by atoms with Gasteiger partial charge < -0.3 is 4.74 Å². The number of alkyl halides is 3. The Balaban J connectivity index is 2.05. The summed E-state index contributed by atoms with van der Waals surface area (Å²) >= 11 is 0. The molecular weight excluding hydrogens is 281 g/mol. The Hall–Kier alpha value is -1.52. The number of carbonyl (C=O) groups is 1. The molecule has 1 fully saturated rings. The first-order valence-electron chi connectivity index (χ1n) is 7.08. The summed E-state index contributed by atoms with van der Waals surface area (Å²) in [6.45, 7) is 1.82. The number of hydrogen-bond acceptors (Lipinski definition) is 2. The first kappa shape index (κ1) is 15.9. The molecule has 0 N–H and O–H groups in total. The van der Waals surface area contributed by atoms with E-state index in [1.807, 2.05) is 6.92 Å². The van der Waals surface area contributed by atoms with E-state index in [-0.39, 0.29) is 24.5 Å². The van der Waals surface area contributed by atoms with Gasteiger partial charge in [0.25, 0.3) is 0 Å². The molecule has 1 aliphatic carbocycles. The zero-order valence-electron chi connectivity index (χ0n) is 12.2. The van der Waals surface area contributed by atoms with Crippen LogP contribution in [0, 0.1) is 18.8 Å². The van der Waals surface area contributed by atoms with Gasteiger partial charge >= 0.3 is 6.18 Å². The lowest BCUT2D eigenvalue weighted by Crippen LogP contribution is -2.30. The minimum absolute atomic E-state index is 0.0456. The first-order chi connectivity index (χ1) is 9.82. The number of aryl methyl sites for hydroxylation is 1. The Morgan fingerprint density at radius 1 is 1.19 bits per heavy atom. The van der Waals surface area contributed by atoms with Gasteiger partial charge in [-0.25, -0.2) is 0 Å². The third-order valence-electron chi connectivity index (χ3n) is 4.26. The van der Waals surface area contributed by atoms with E-state index in [2.05, 4.69) is 0 Å². The van der Waals surface area contributed by atoms with Gasteiger partial charge in [-0.15, -0.1) is 0 Å². The van der Waals surface area contributed by atoms with E-state index in [1.165, 1.54) is 0 Å². The van der Waals surface area contributed by atoms with E-state index < -0.39 is 12.1 Å². The Bertz CT molecular complexity index is 515. The maximum absolute atomic E-state index is 12.6. The molecule has 1 aromatic rings. The summed E-state index contributed by atoms with van der Waals surface area (Å²) in [5.74, 6) is -0.921. The van der Waals surface area contributed by atoms with Crippen LogP contribution in [0.1, 0.15) is 41.6 Å². The predicted molar refractivity (Wildman–Crippen MR) is 73.6 cm³/mol. The van der Waals surface area contributed by atoms with Crippen LogP contribution in [0.25, 0.3) is 0 Å². The monoisotopic (exact) mass is 300 g/mol. The number of ketones is 1. The van der Waals surface area contributed by atoms with Crippen molar-refractivity contribution < 1.29 is 22.7 Å². The van der Waals surface area contributed by atoms with Gasteiger partial charge in [0.15, 0.2) is 5.78 Å². The van der Waals surface area contributed by atoms with Crippen LogP contribution in [0.2, 0.25) is 0 Å². The van der Waals surface area contributed by atoms with Crippen molar-refractivity contribution in [2.75, 3.05) is 7.11 Å². The van der Waals surface area contributed by atoms with E-state index in [9.17, 15) is 18.0 Å². The van der Waals surface area contributed by atoms with Gasteiger partial charge in [0, 0.05) is 11.5 Å².